The van der Waals surface area contributed by atoms with Crippen molar-refractivity contribution in [2.45, 2.75) is 25.2 Å². The van der Waals surface area contributed by atoms with E-state index in [9.17, 15) is 8.42 Å². The SMILES string of the molecule is CC(C)Cc1cccc(N)c1.Nc1ccccc1S(=O)(=O)O. The first-order valence-electron chi connectivity index (χ1n) is 6.86. The molecule has 0 radical (unpaired) electrons. The Morgan fingerprint density at radius 1 is 1.05 bits per heavy atom. The van der Waals surface area contributed by atoms with E-state index >= 15 is 0 Å². The van der Waals surface area contributed by atoms with Crippen molar-refractivity contribution in [2.24, 2.45) is 5.92 Å². The lowest BCUT2D eigenvalue weighted by Crippen LogP contribution is -2.01. The van der Waals surface area contributed by atoms with Gasteiger partial charge in [-0.2, -0.15) is 8.42 Å². The summed E-state index contributed by atoms with van der Waals surface area (Å²) in [6, 6.07) is 13.8. The summed E-state index contributed by atoms with van der Waals surface area (Å²) in [4.78, 5) is -0.250. The highest BCUT2D eigenvalue weighted by molar-refractivity contribution is 7.86. The van der Waals surface area contributed by atoms with Crippen LogP contribution in [0.1, 0.15) is 19.4 Å². The minimum absolute atomic E-state index is 0.0509. The highest BCUT2D eigenvalue weighted by Crippen LogP contribution is 2.15. The predicted molar refractivity (Wildman–Crippen MR) is 90.1 cm³/mol. The Labute approximate surface area is 131 Å². The van der Waals surface area contributed by atoms with Gasteiger partial charge in [-0.3, -0.25) is 4.55 Å². The number of anilines is 2. The monoisotopic (exact) mass is 322 g/mol. The number of para-hydroxylation sites is 1. The van der Waals surface area contributed by atoms with E-state index in [-0.39, 0.29) is 10.6 Å². The van der Waals surface area contributed by atoms with E-state index in [2.05, 4.69) is 19.9 Å². The van der Waals surface area contributed by atoms with E-state index < -0.39 is 10.1 Å². The third-order valence-corrected chi connectivity index (χ3v) is 3.72. The Balaban J connectivity index is 0.000000220. The van der Waals surface area contributed by atoms with E-state index in [1.165, 1.54) is 23.8 Å². The number of nitrogens with two attached hydrogens (primary N) is 2. The summed E-state index contributed by atoms with van der Waals surface area (Å²) >= 11 is 0. The second-order valence-electron chi connectivity index (χ2n) is 5.36. The van der Waals surface area contributed by atoms with Gasteiger partial charge in [0.05, 0.1) is 5.69 Å². The van der Waals surface area contributed by atoms with Crippen LogP contribution >= 0.6 is 0 Å². The lowest BCUT2D eigenvalue weighted by molar-refractivity contribution is 0.483. The minimum atomic E-state index is -4.16. The number of hydrogen-bond donors (Lipinski definition) is 3. The minimum Gasteiger partial charge on any atom is -0.399 e. The van der Waals surface area contributed by atoms with Crippen LogP contribution in [0.3, 0.4) is 0 Å². The Hall–Kier alpha value is -2.05. The highest BCUT2D eigenvalue weighted by atomic mass is 32.2. The number of rotatable bonds is 3. The summed E-state index contributed by atoms with van der Waals surface area (Å²) in [6.07, 6.45) is 1.12. The molecule has 0 aliphatic carbocycles. The molecule has 0 spiro atoms. The van der Waals surface area contributed by atoms with Crippen molar-refractivity contribution in [3.63, 3.8) is 0 Å². The fourth-order valence-corrected chi connectivity index (χ4v) is 2.52. The van der Waals surface area contributed by atoms with Gasteiger partial charge < -0.3 is 11.5 Å². The maximum absolute atomic E-state index is 10.5. The second-order valence-corrected chi connectivity index (χ2v) is 6.75. The van der Waals surface area contributed by atoms with Crippen molar-refractivity contribution in [1.29, 1.82) is 0 Å². The first kappa shape index (κ1) is 18.0. The molecule has 2 aromatic carbocycles. The Bertz CT molecular complexity index is 713. The maximum Gasteiger partial charge on any atom is 0.296 e. The Morgan fingerprint density at radius 2 is 1.68 bits per heavy atom. The fourth-order valence-electron chi connectivity index (χ4n) is 1.91. The first-order valence-corrected chi connectivity index (χ1v) is 8.30. The fraction of sp³-hybridized carbons (Fsp3) is 0.250. The largest absolute Gasteiger partial charge is 0.399 e. The van der Waals surface area contributed by atoms with E-state index in [1.54, 1.807) is 6.07 Å². The van der Waals surface area contributed by atoms with Crippen molar-refractivity contribution < 1.29 is 13.0 Å². The molecule has 0 aliphatic heterocycles. The summed E-state index contributed by atoms with van der Waals surface area (Å²) in [5.74, 6) is 0.705. The van der Waals surface area contributed by atoms with Crippen LogP contribution < -0.4 is 11.5 Å². The van der Waals surface area contributed by atoms with Crippen LogP contribution in [-0.4, -0.2) is 13.0 Å². The summed E-state index contributed by atoms with van der Waals surface area (Å²) in [7, 11) is -4.16. The van der Waals surface area contributed by atoms with Gasteiger partial charge in [0.2, 0.25) is 0 Å². The molecule has 0 aromatic heterocycles. The third kappa shape index (κ3) is 6.15. The van der Waals surface area contributed by atoms with Crippen molar-refractivity contribution in [3.8, 4) is 0 Å². The molecule has 0 aliphatic rings. The summed E-state index contributed by atoms with van der Waals surface area (Å²) in [5.41, 5.74) is 13.2. The van der Waals surface area contributed by atoms with Gasteiger partial charge in [-0.05, 0) is 42.2 Å². The molecule has 5 nitrogen and oxygen atoms in total. The van der Waals surface area contributed by atoms with Gasteiger partial charge in [-0.15, -0.1) is 0 Å². The van der Waals surface area contributed by atoms with Crippen LogP contribution in [0.5, 0.6) is 0 Å². The van der Waals surface area contributed by atoms with E-state index in [4.69, 9.17) is 16.0 Å². The molecular formula is C16H22N2O3S. The van der Waals surface area contributed by atoms with E-state index in [0.29, 0.717) is 5.92 Å². The quantitative estimate of drug-likeness (QED) is 0.595. The molecule has 0 unspecified atom stereocenters. The number of hydrogen-bond acceptors (Lipinski definition) is 4. The van der Waals surface area contributed by atoms with Gasteiger partial charge in [-0.25, -0.2) is 0 Å². The normalized spacial score (nSPS) is 10.9. The van der Waals surface area contributed by atoms with Crippen LogP contribution in [0.4, 0.5) is 11.4 Å². The molecule has 0 atom stereocenters. The van der Waals surface area contributed by atoms with Crippen LogP contribution in [-0.2, 0) is 16.5 Å². The number of nitrogen functional groups attached to an aromatic ring is 2. The molecule has 0 saturated heterocycles. The van der Waals surface area contributed by atoms with Gasteiger partial charge in [0, 0.05) is 5.69 Å². The molecule has 0 fully saturated rings. The zero-order valence-electron chi connectivity index (χ0n) is 12.7. The summed E-state index contributed by atoms with van der Waals surface area (Å²) in [5, 5.41) is 0. The lowest BCUT2D eigenvalue weighted by Gasteiger charge is -2.04. The molecule has 5 N–H and O–H groups in total. The van der Waals surface area contributed by atoms with Gasteiger partial charge >= 0.3 is 0 Å². The molecule has 22 heavy (non-hydrogen) atoms. The van der Waals surface area contributed by atoms with Crippen LogP contribution in [0.15, 0.2) is 53.4 Å². The van der Waals surface area contributed by atoms with Crippen LogP contribution in [0.2, 0.25) is 0 Å². The molecule has 2 rings (SSSR count). The summed E-state index contributed by atoms with van der Waals surface area (Å²) < 4.78 is 29.6. The molecule has 2 aromatic rings. The van der Waals surface area contributed by atoms with Gasteiger partial charge in [0.15, 0.2) is 0 Å². The molecule has 0 saturated carbocycles. The lowest BCUT2D eigenvalue weighted by atomic mass is 10.0. The molecule has 0 heterocycles. The Morgan fingerprint density at radius 3 is 2.14 bits per heavy atom. The smallest absolute Gasteiger partial charge is 0.296 e. The second kappa shape index (κ2) is 7.82. The zero-order chi connectivity index (χ0) is 16.8. The van der Waals surface area contributed by atoms with E-state index in [0.717, 1.165) is 12.1 Å². The third-order valence-electron chi connectivity index (χ3n) is 2.79. The molecule has 0 amide bonds. The summed E-state index contributed by atoms with van der Waals surface area (Å²) in [6.45, 7) is 4.42. The van der Waals surface area contributed by atoms with Gasteiger partial charge in [0.25, 0.3) is 10.1 Å². The van der Waals surface area contributed by atoms with Crippen molar-refractivity contribution in [2.75, 3.05) is 11.5 Å². The topological polar surface area (TPSA) is 106 Å². The van der Waals surface area contributed by atoms with Gasteiger partial charge in [-0.1, -0.05) is 38.1 Å². The predicted octanol–water partition coefficient (Wildman–Crippen LogP) is 2.98. The van der Waals surface area contributed by atoms with Gasteiger partial charge in [0.1, 0.15) is 4.90 Å². The molecule has 6 heteroatoms. The number of benzene rings is 2. The van der Waals surface area contributed by atoms with Crippen LogP contribution in [0.25, 0.3) is 0 Å². The average Bonchev–Trinajstić information content (AvgIpc) is 2.37. The molecular weight excluding hydrogens is 300 g/mol. The zero-order valence-corrected chi connectivity index (χ0v) is 13.5. The van der Waals surface area contributed by atoms with Crippen molar-refractivity contribution in [3.05, 3.63) is 54.1 Å². The molecule has 120 valence electrons. The highest BCUT2D eigenvalue weighted by Gasteiger charge is 2.11. The van der Waals surface area contributed by atoms with Crippen LogP contribution in [0, 0.1) is 5.92 Å². The van der Waals surface area contributed by atoms with E-state index in [1.807, 2.05) is 18.2 Å². The Kier molecular flexibility index (Phi) is 6.39. The average molecular weight is 322 g/mol. The molecule has 0 bridgehead atoms. The standard InChI is InChI=1S/C10H15N.C6H7NO3S/c1-8(2)6-9-4-3-5-10(11)7-9;7-5-3-1-2-4-6(5)11(8,9)10/h3-5,7-8H,6,11H2,1-2H3;1-4H,7H2,(H,8,9,10). The van der Waals surface area contributed by atoms with Crippen molar-refractivity contribution in [1.82, 2.24) is 0 Å². The van der Waals surface area contributed by atoms with Crippen molar-refractivity contribution >= 4 is 21.5 Å². The first-order chi connectivity index (χ1) is 10.2. The maximum atomic E-state index is 10.5.